The summed E-state index contributed by atoms with van der Waals surface area (Å²) in [5.41, 5.74) is 0.843. The van der Waals surface area contributed by atoms with Gasteiger partial charge in [0.05, 0.1) is 19.8 Å². The van der Waals surface area contributed by atoms with E-state index in [0.717, 1.165) is 11.3 Å². The lowest BCUT2D eigenvalue weighted by Crippen LogP contribution is -2.57. The number of benzene rings is 1. The van der Waals surface area contributed by atoms with E-state index in [-0.39, 0.29) is 18.0 Å². The molecule has 114 valence electrons. The molecule has 0 saturated carbocycles. The highest BCUT2D eigenvalue weighted by molar-refractivity contribution is 5.82. The van der Waals surface area contributed by atoms with E-state index in [2.05, 4.69) is 10.6 Å². The molecule has 1 heterocycles. The molecule has 2 rings (SSSR count). The molecule has 1 aromatic rings. The number of nitrogens with one attached hydrogen (secondary N) is 2. The Bertz CT molecular complexity index is 515. The maximum atomic E-state index is 12.2. The first-order valence-electron chi connectivity index (χ1n) is 6.94. The van der Waals surface area contributed by atoms with Crippen molar-refractivity contribution in [1.29, 1.82) is 0 Å². The molecular weight excluding hydrogens is 272 g/mol. The molecule has 0 unspecified atom stereocenters. The van der Waals surface area contributed by atoms with Crippen molar-refractivity contribution >= 4 is 12.0 Å². The zero-order chi connectivity index (χ0) is 15.4. The molecule has 6 heteroatoms. The standard InChI is InChI=1S/C15H20N2O4/c1-4-21-14(18)12-9(2)16-15(19)17-13(12)10-5-7-11(20-3)8-6-10/h5-9,12-13H,4H2,1-3H3,(H2,16,17,19)/t9-,12+,13-/m0/s1. The zero-order valence-electron chi connectivity index (χ0n) is 12.4. The Morgan fingerprint density at radius 3 is 2.48 bits per heavy atom. The fourth-order valence-corrected chi connectivity index (χ4v) is 2.54. The molecule has 0 radical (unpaired) electrons. The molecule has 1 aliphatic rings. The van der Waals surface area contributed by atoms with Crippen LogP contribution in [0.2, 0.25) is 0 Å². The van der Waals surface area contributed by atoms with Gasteiger partial charge in [0.25, 0.3) is 0 Å². The van der Waals surface area contributed by atoms with Crippen LogP contribution in [-0.2, 0) is 9.53 Å². The summed E-state index contributed by atoms with van der Waals surface area (Å²) in [7, 11) is 1.59. The lowest BCUT2D eigenvalue weighted by atomic mass is 9.86. The highest BCUT2D eigenvalue weighted by Gasteiger charge is 2.40. The van der Waals surface area contributed by atoms with Gasteiger partial charge in [-0.25, -0.2) is 4.79 Å². The van der Waals surface area contributed by atoms with Crippen molar-refractivity contribution in [2.45, 2.75) is 25.9 Å². The molecule has 1 saturated heterocycles. The van der Waals surface area contributed by atoms with Crippen LogP contribution in [0.3, 0.4) is 0 Å². The van der Waals surface area contributed by atoms with Gasteiger partial charge in [0.2, 0.25) is 0 Å². The van der Waals surface area contributed by atoms with Crippen molar-refractivity contribution in [3.63, 3.8) is 0 Å². The zero-order valence-corrected chi connectivity index (χ0v) is 12.4. The van der Waals surface area contributed by atoms with Gasteiger partial charge in [0, 0.05) is 6.04 Å². The van der Waals surface area contributed by atoms with Gasteiger partial charge in [-0.15, -0.1) is 0 Å². The van der Waals surface area contributed by atoms with Crippen molar-refractivity contribution in [1.82, 2.24) is 10.6 Å². The molecule has 3 atom stereocenters. The Balaban J connectivity index is 2.29. The van der Waals surface area contributed by atoms with Gasteiger partial charge in [-0.1, -0.05) is 12.1 Å². The minimum Gasteiger partial charge on any atom is -0.497 e. The first-order chi connectivity index (χ1) is 10.1. The third kappa shape index (κ3) is 3.26. The Morgan fingerprint density at radius 1 is 1.24 bits per heavy atom. The van der Waals surface area contributed by atoms with E-state index in [1.807, 2.05) is 12.1 Å². The summed E-state index contributed by atoms with van der Waals surface area (Å²) in [4.78, 5) is 23.9. The van der Waals surface area contributed by atoms with Crippen molar-refractivity contribution in [2.75, 3.05) is 13.7 Å². The van der Waals surface area contributed by atoms with E-state index >= 15 is 0 Å². The predicted octanol–water partition coefficient (Wildman–Crippen LogP) is 1.62. The Labute approximate surface area is 123 Å². The van der Waals surface area contributed by atoms with Crippen LogP contribution >= 0.6 is 0 Å². The van der Waals surface area contributed by atoms with Crippen LogP contribution in [0, 0.1) is 5.92 Å². The first kappa shape index (κ1) is 15.2. The minimum atomic E-state index is -0.476. The van der Waals surface area contributed by atoms with E-state index in [4.69, 9.17) is 9.47 Å². The third-order valence-electron chi connectivity index (χ3n) is 3.58. The molecule has 2 amide bonds. The molecule has 1 fully saturated rings. The average Bonchev–Trinajstić information content (AvgIpc) is 2.46. The number of hydrogen-bond donors (Lipinski definition) is 2. The monoisotopic (exact) mass is 292 g/mol. The molecule has 0 spiro atoms. The second-order valence-corrected chi connectivity index (χ2v) is 4.94. The first-order valence-corrected chi connectivity index (χ1v) is 6.94. The molecule has 0 aromatic heterocycles. The summed E-state index contributed by atoms with van der Waals surface area (Å²) in [6.07, 6.45) is 0. The van der Waals surface area contributed by atoms with Crippen LogP contribution in [0.15, 0.2) is 24.3 Å². The van der Waals surface area contributed by atoms with E-state index in [0.29, 0.717) is 6.61 Å². The molecule has 2 N–H and O–H groups in total. The van der Waals surface area contributed by atoms with Crippen LogP contribution in [0.4, 0.5) is 4.79 Å². The fraction of sp³-hybridized carbons (Fsp3) is 0.467. The number of amides is 2. The number of hydrogen-bond acceptors (Lipinski definition) is 4. The molecule has 6 nitrogen and oxygen atoms in total. The van der Waals surface area contributed by atoms with Gasteiger partial charge in [-0.3, -0.25) is 4.79 Å². The Hall–Kier alpha value is -2.24. The Morgan fingerprint density at radius 2 is 1.90 bits per heavy atom. The van der Waals surface area contributed by atoms with E-state index < -0.39 is 12.0 Å². The van der Waals surface area contributed by atoms with Crippen LogP contribution in [-0.4, -0.2) is 31.8 Å². The maximum Gasteiger partial charge on any atom is 0.315 e. The van der Waals surface area contributed by atoms with E-state index in [1.54, 1.807) is 33.1 Å². The molecule has 0 aliphatic carbocycles. The molecular formula is C15H20N2O4. The number of urea groups is 1. The smallest absolute Gasteiger partial charge is 0.315 e. The Kier molecular flexibility index (Phi) is 4.67. The molecule has 1 aliphatic heterocycles. The second-order valence-electron chi connectivity index (χ2n) is 4.94. The number of rotatable bonds is 4. The van der Waals surface area contributed by atoms with Gasteiger partial charge in [0.1, 0.15) is 11.7 Å². The lowest BCUT2D eigenvalue weighted by Gasteiger charge is -2.36. The van der Waals surface area contributed by atoms with E-state index in [9.17, 15) is 9.59 Å². The summed E-state index contributed by atoms with van der Waals surface area (Å²) in [5, 5.41) is 5.51. The number of carbonyl (C=O) groups is 2. The largest absolute Gasteiger partial charge is 0.497 e. The maximum absolute atomic E-state index is 12.2. The van der Waals surface area contributed by atoms with Crippen molar-refractivity contribution in [2.24, 2.45) is 5.92 Å². The topological polar surface area (TPSA) is 76.7 Å². The number of methoxy groups -OCH3 is 1. The van der Waals surface area contributed by atoms with Gasteiger partial charge in [-0.05, 0) is 31.5 Å². The van der Waals surface area contributed by atoms with Crippen LogP contribution in [0.1, 0.15) is 25.5 Å². The highest BCUT2D eigenvalue weighted by atomic mass is 16.5. The summed E-state index contributed by atoms with van der Waals surface area (Å²) >= 11 is 0. The predicted molar refractivity (Wildman–Crippen MR) is 77.0 cm³/mol. The second kappa shape index (κ2) is 6.47. The van der Waals surface area contributed by atoms with Gasteiger partial charge in [0.15, 0.2) is 0 Å². The van der Waals surface area contributed by atoms with Crippen molar-refractivity contribution in [3.05, 3.63) is 29.8 Å². The van der Waals surface area contributed by atoms with Crippen LogP contribution < -0.4 is 15.4 Å². The molecule has 21 heavy (non-hydrogen) atoms. The van der Waals surface area contributed by atoms with Crippen molar-refractivity contribution in [3.8, 4) is 5.75 Å². The van der Waals surface area contributed by atoms with Gasteiger partial charge < -0.3 is 20.1 Å². The van der Waals surface area contributed by atoms with E-state index in [1.165, 1.54) is 0 Å². The third-order valence-corrected chi connectivity index (χ3v) is 3.58. The molecule has 0 bridgehead atoms. The quantitative estimate of drug-likeness (QED) is 0.827. The number of esters is 1. The summed E-state index contributed by atoms with van der Waals surface area (Å²) in [6, 6.07) is 6.28. The average molecular weight is 292 g/mol. The van der Waals surface area contributed by atoms with Crippen molar-refractivity contribution < 1.29 is 19.1 Å². The minimum absolute atomic E-state index is 0.288. The fourth-order valence-electron chi connectivity index (χ4n) is 2.54. The number of carbonyl (C=O) groups excluding carboxylic acids is 2. The van der Waals surface area contributed by atoms with Crippen LogP contribution in [0.25, 0.3) is 0 Å². The summed E-state index contributed by atoms with van der Waals surface area (Å²) in [5.74, 6) is -0.0749. The summed E-state index contributed by atoms with van der Waals surface area (Å²) < 4.78 is 10.2. The highest BCUT2D eigenvalue weighted by Crippen LogP contribution is 2.30. The summed E-state index contributed by atoms with van der Waals surface area (Å²) in [6.45, 7) is 3.88. The SMILES string of the molecule is CCOC(=O)[C@@H]1[C@H](C)NC(=O)N[C@H]1c1ccc(OC)cc1. The lowest BCUT2D eigenvalue weighted by molar-refractivity contribution is -0.150. The number of ether oxygens (including phenoxy) is 2. The molecule has 1 aromatic carbocycles. The van der Waals surface area contributed by atoms with Crippen LogP contribution in [0.5, 0.6) is 5.75 Å². The normalized spacial score (nSPS) is 24.7. The van der Waals surface area contributed by atoms with Gasteiger partial charge >= 0.3 is 12.0 Å². The van der Waals surface area contributed by atoms with Gasteiger partial charge in [-0.2, -0.15) is 0 Å².